The van der Waals surface area contributed by atoms with Gasteiger partial charge in [0.2, 0.25) is 0 Å². The van der Waals surface area contributed by atoms with Crippen LogP contribution in [0, 0.1) is 11.6 Å². The van der Waals surface area contributed by atoms with E-state index in [-0.39, 0.29) is 35.2 Å². The number of halogens is 2. The molecule has 2 aromatic heterocycles. The lowest BCUT2D eigenvalue weighted by Crippen LogP contribution is -2.36. The van der Waals surface area contributed by atoms with Gasteiger partial charge in [-0.3, -0.25) is 14.2 Å². The van der Waals surface area contributed by atoms with Crippen LogP contribution in [0.2, 0.25) is 0 Å². The molecule has 0 atom stereocenters. The lowest BCUT2D eigenvalue weighted by molar-refractivity contribution is 0.0951. The molecule has 0 aliphatic heterocycles. The van der Waals surface area contributed by atoms with Crippen molar-refractivity contribution in [1.82, 2.24) is 19.4 Å². The van der Waals surface area contributed by atoms with E-state index in [2.05, 4.69) is 10.3 Å². The van der Waals surface area contributed by atoms with Gasteiger partial charge >= 0.3 is 5.69 Å². The summed E-state index contributed by atoms with van der Waals surface area (Å²) in [4.78, 5) is 40.8. The smallest absolute Gasteiger partial charge is 0.329 e. The molecule has 0 unspecified atom stereocenters. The first-order valence-corrected chi connectivity index (χ1v) is 9.44. The van der Waals surface area contributed by atoms with Gasteiger partial charge in [-0.25, -0.2) is 13.6 Å². The molecule has 0 aliphatic rings. The summed E-state index contributed by atoms with van der Waals surface area (Å²) >= 11 is 0. The molecule has 0 saturated carbocycles. The Balaban J connectivity index is 1.69. The fourth-order valence-electron chi connectivity index (χ4n) is 3.45. The van der Waals surface area contributed by atoms with Gasteiger partial charge in [-0.1, -0.05) is 36.4 Å². The van der Waals surface area contributed by atoms with Crippen molar-refractivity contribution >= 4 is 16.9 Å². The Bertz CT molecular complexity index is 1380. The van der Waals surface area contributed by atoms with Crippen LogP contribution in [0.15, 0.2) is 64.3 Å². The van der Waals surface area contributed by atoms with E-state index < -0.39 is 28.8 Å². The highest BCUT2D eigenvalue weighted by molar-refractivity contribution is 6.05. The molecule has 0 radical (unpaired) electrons. The average Bonchev–Trinajstić information content (AvgIpc) is 3.07. The summed E-state index contributed by atoms with van der Waals surface area (Å²) in [5, 5.41) is 2.43. The number of fused-ring (bicyclic) bond motifs is 1. The van der Waals surface area contributed by atoms with Crippen LogP contribution in [-0.4, -0.2) is 20.0 Å². The monoisotopic (exact) mass is 424 g/mol. The lowest BCUT2D eigenvalue weighted by atomic mass is 10.2. The normalized spacial score (nSPS) is 11.1. The zero-order valence-corrected chi connectivity index (χ0v) is 16.5. The average molecular weight is 424 g/mol. The molecular formula is C22H18F2N4O3. The Labute approximate surface area is 174 Å². The van der Waals surface area contributed by atoms with Crippen LogP contribution >= 0.6 is 0 Å². The summed E-state index contributed by atoms with van der Waals surface area (Å²) in [5.74, 6) is -2.24. The lowest BCUT2D eigenvalue weighted by Gasteiger charge is -2.08. The third-order valence-electron chi connectivity index (χ3n) is 5.02. The van der Waals surface area contributed by atoms with Crippen molar-refractivity contribution in [3.63, 3.8) is 0 Å². The molecule has 0 spiro atoms. The summed E-state index contributed by atoms with van der Waals surface area (Å²) in [5.41, 5.74) is -0.504. The van der Waals surface area contributed by atoms with Crippen molar-refractivity contribution in [2.45, 2.75) is 13.1 Å². The van der Waals surface area contributed by atoms with Gasteiger partial charge in [0.05, 0.1) is 17.6 Å². The van der Waals surface area contributed by atoms with Crippen LogP contribution in [0.25, 0.3) is 11.0 Å². The molecule has 2 N–H and O–H groups in total. The Hall–Kier alpha value is -4.01. The van der Waals surface area contributed by atoms with Crippen molar-refractivity contribution in [3.8, 4) is 0 Å². The molecule has 0 aliphatic carbocycles. The maximum absolute atomic E-state index is 13.8. The van der Waals surface area contributed by atoms with E-state index in [4.69, 9.17) is 0 Å². The molecule has 1 amide bonds. The first kappa shape index (κ1) is 20.3. The topological polar surface area (TPSA) is 88.9 Å². The van der Waals surface area contributed by atoms with E-state index in [0.717, 1.165) is 22.3 Å². The van der Waals surface area contributed by atoms with E-state index in [0.29, 0.717) is 0 Å². The van der Waals surface area contributed by atoms with Crippen molar-refractivity contribution in [2.24, 2.45) is 7.05 Å². The number of rotatable bonds is 5. The summed E-state index contributed by atoms with van der Waals surface area (Å²) in [7, 11) is 1.57. The molecule has 2 aromatic carbocycles. The number of aryl methyl sites for hydroxylation is 1. The molecule has 0 saturated heterocycles. The van der Waals surface area contributed by atoms with Gasteiger partial charge in [0, 0.05) is 25.4 Å². The second-order valence-electron chi connectivity index (χ2n) is 7.07. The molecule has 2 heterocycles. The van der Waals surface area contributed by atoms with E-state index in [1.807, 2.05) is 6.07 Å². The van der Waals surface area contributed by atoms with Gasteiger partial charge in [-0.15, -0.1) is 0 Å². The number of nitrogens with one attached hydrogen (secondary N) is 2. The highest BCUT2D eigenvalue weighted by Gasteiger charge is 2.20. The number of hydrogen-bond donors (Lipinski definition) is 2. The molecule has 4 aromatic rings. The largest absolute Gasteiger partial charge is 0.348 e. The first-order valence-electron chi connectivity index (χ1n) is 9.44. The SMILES string of the molecule is Cn1cc(C(=O)NCc2c(F)cccc2F)c2[nH]c(=O)n(Cc3ccccc3)c(=O)c21. The summed E-state index contributed by atoms with van der Waals surface area (Å²) < 4.78 is 30.1. The number of H-pyrrole nitrogens is 1. The molecule has 158 valence electrons. The highest BCUT2D eigenvalue weighted by atomic mass is 19.1. The number of aromatic amines is 1. The van der Waals surface area contributed by atoms with Crippen LogP contribution in [-0.2, 0) is 20.1 Å². The standard InChI is InChI=1S/C22H18F2N4O3/c1-27-12-15(20(29)25-10-14-16(23)8-5-9-17(14)24)18-19(27)21(30)28(22(31)26-18)11-13-6-3-2-4-7-13/h2-9,12H,10-11H2,1H3,(H,25,29)(H,26,31). The van der Waals surface area contributed by atoms with Crippen LogP contribution < -0.4 is 16.6 Å². The van der Waals surface area contributed by atoms with Gasteiger partial charge in [0.25, 0.3) is 11.5 Å². The summed E-state index contributed by atoms with van der Waals surface area (Å²) in [6.45, 7) is -0.312. The van der Waals surface area contributed by atoms with Crippen LogP contribution in [0.5, 0.6) is 0 Å². The van der Waals surface area contributed by atoms with Gasteiger partial charge in [-0.2, -0.15) is 0 Å². The van der Waals surface area contributed by atoms with Crippen molar-refractivity contribution in [1.29, 1.82) is 0 Å². The number of amides is 1. The van der Waals surface area contributed by atoms with E-state index in [1.54, 1.807) is 31.3 Å². The Kier molecular flexibility index (Phi) is 5.24. The minimum Gasteiger partial charge on any atom is -0.348 e. The van der Waals surface area contributed by atoms with Crippen molar-refractivity contribution < 1.29 is 13.6 Å². The third kappa shape index (κ3) is 3.77. The Morgan fingerprint density at radius 2 is 1.71 bits per heavy atom. The molecule has 4 rings (SSSR count). The molecule has 9 heteroatoms. The van der Waals surface area contributed by atoms with Crippen LogP contribution in [0.1, 0.15) is 21.5 Å². The fourth-order valence-corrected chi connectivity index (χ4v) is 3.45. The number of benzene rings is 2. The molecular weight excluding hydrogens is 406 g/mol. The molecule has 31 heavy (non-hydrogen) atoms. The molecule has 0 fully saturated rings. The van der Waals surface area contributed by atoms with Crippen LogP contribution in [0.3, 0.4) is 0 Å². The minimum absolute atomic E-state index is 0.0234. The van der Waals surface area contributed by atoms with Gasteiger partial charge in [-0.05, 0) is 17.7 Å². The van der Waals surface area contributed by atoms with Crippen molar-refractivity contribution in [2.75, 3.05) is 0 Å². The second-order valence-corrected chi connectivity index (χ2v) is 7.07. The number of carbonyl (C=O) groups excluding carboxylic acids is 1. The van der Waals surface area contributed by atoms with Crippen LogP contribution in [0.4, 0.5) is 8.78 Å². The van der Waals surface area contributed by atoms with Gasteiger partial charge in [0.1, 0.15) is 17.2 Å². The number of hydrogen-bond acceptors (Lipinski definition) is 3. The van der Waals surface area contributed by atoms with E-state index >= 15 is 0 Å². The van der Waals surface area contributed by atoms with Crippen molar-refractivity contribution in [3.05, 3.63) is 104 Å². The number of carbonyl (C=O) groups is 1. The highest BCUT2D eigenvalue weighted by Crippen LogP contribution is 2.16. The van der Waals surface area contributed by atoms with E-state index in [1.165, 1.54) is 16.8 Å². The maximum atomic E-state index is 13.8. The number of nitrogens with zero attached hydrogens (tertiary/aromatic N) is 2. The third-order valence-corrected chi connectivity index (χ3v) is 5.02. The molecule has 7 nitrogen and oxygen atoms in total. The summed E-state index contributed by atoms with van der Waals surface area (Å²) in [6.07, 6.45) is 1.39. The first-order chi connectivity index (χ1) is 14.9. The minimum atomic E-state index is -0.782. The Morgan fingerprint density at radius 1 is 1.03 bits per heavy atom. The molecule has 0 bridgehead atoms. The quantitative estimate of drug-likeness (QED) is 0.515. The van der Waals surface area contributed by atoms with Gasteiger partial charge < -0.3 is 14.9 Å². The predicted octanol–water partition coefficient (Wildman–Crippen LogP) is 2.28. The van der Waals surface area contributed by atoms with E-state index in [9.17, 15) is 23.2 Å². The zero-order chi connectivity index (χ0) is 22.1. The fraction of sp³-hybridized carbons (Fsp3) is 0.136. The number of aromatic nitrogens is 3. The zero-order valence-electron chi connectivity index (χ0n) is 16.5. The van der Waals surface area contributed by atoms with Gasteiger partial charge in [0.15, 0.2) is 0 Å². The Morgan fingerprint density at radius 3 is 2.39 bits per heavy atom. The second kappa shape index (κ2) is 8.02. The maximum Gasteiger partial charge on any atom is 0.329 e. The predicted molar refractivity (Wildman–Crippen MR) is 111 cm³/mol. The summed E-state index contributed by atoms with van der Waals surface area (Å²) in [6, 6.07) is 12.4.